The van der Waals surface area contributed by atoms with Crippen LogP contribution in [0.1, 0.15) is 12.5 Å². The SMILES string of the molecule is CCc1ccncc1NC(=O)N(C)OC. The van der Waals surface area contributed by atoms with Crippen molar-refractivity contribution >= 4 is 11.7 Å². The van der Waals surface area contributed by atoms with Crippen molar-refractivity contribution in [3.8, 4) is 0 Å². The van der Waals surface area contributed by atoms with E-state index < -0.39 is 0 Å². The zero-order valence-corrected chi connectivity index (χ0v) is 9.15. The predicted octanol–water partition coefficient (Wildman–Crippen LogP) is 1.67. The number of hydrogen-bond donors (Lipinski definition) is 1. The summed E-state index contributed by atoms with van der Waals surface area (Å²) >= 11 is 0. The molecule has 0 radical (unpaired) electrons. The van der Waals surface area contributed by atoms with Crippen LogP contribution < -0.4 is 5.32 Å². The van der Waals surface area contributed by atoms with Crippen molar-refractivity contribution in [2.75, 3.05) is 19.5 Å². The first-order valence-corrected chi connectivity index (χ1v) is 4.70. The zero-order valence-electron chi connectivity index (χ0n) is 9.15. The molecular weight excluding hydrogens is 194 g/mol. The molecule has 5 heteroatoms. The Morgan fingerprint density at radius 1 is 1.67 bits per heavy atom. The number of aryl methyl sites for hydroxylation is 1. The number of nitrogens with one attached hydrogen (secondary N) is 1. The highest BCUT2D eigenvalue weighted by Gasteiger charge is 2.09. The van der Waals surface area contributed by atoms with E-state index in [1.807, 2.05) is 13.0 Å². The minimum absolute atomic E-state index is 0.319. The van der Waals surface area contributed by atoms with E-state index in [0.29, 0.717) is 5.69 Å². The van der Waals surface area contributed by atoms with Crippen LogP contribution in [-0.2, 0) is 11.3 Å². The zero-order chi connectivity index (χ0) is 11.3. The standard InChI is InChI=1S/C10H15N3O2/c1-4-8-5-6-11-7-9(8)12-10(14)13(2)15-3/h5-7H,4H2,1-3H3,(H,12,14). The number of carbonyl (C=O) groups excluding carboxylic acids is 1. The second-order valence-corrected chi connectivity index (χ2v) is 3.00. The minimum Gasteiger partial charge on any atom is -0.304 e. The smallest absolute Gasteiger partial charge is 0.304 e. The van der Waals surface area contributed by atoms with Crippen LogP contribution in [0.25, 0.3) is 0 Å². The summed E-state index contributed by atoms with van der Waals surface area (Å²) in [6, 6.07) is 1.56. The maximum absolute atomic E-state index is 11.5. The Labute approximate surface area is 89.0 Å². The first-order valence-electron chi connectivity index (χ1n) is 4.70. The van der Waals surface area contributed by atoms with Crippen molar-refractivity contribution in [3.05, 3.63) is 24.0 Å². The van der Waals surface area contributed by atoms with Gasteiger partial charge in [0.15, 0.2) is 0 Å². The summed E-state index contributed by atoms with van der Waals surface area (Å²) in [5.41, 5.74) is 1.76. The Kier molecular flexibility index (Phi) is 4.05. The highest BCUT2D eigenvalue weighted by Crippen LogP contribution is 2.14. The van der Waals surface area contributed by atoms with Gasteiger partial charge in [-0.05, 0) is 18.1 Å². The van der Waals surface area contributed by atoms with Gasteiger partial charge in [0.2, 0.25) is 0 Å². The minimum atomic E-state index is -0.319. The van der Waals surface area contributed by atoms with Crippen LogP contribution in [0, 0.1) is 0 Å². The Hall–Kier alpha value is -1.62. The number of anilines is 1. The van der Waals surface area contributed by atoms with Crippen LogP contribution in [0.2, 0.25) is 0 Å². The van der Waals surface area contributed by atoms with Gasteiger partial charge >= 0.3 is 6.03 Å². The molecule has 0 spiro atoms. The van der Waals surface area contributed by atoms with Gasteiger partial charge in [0.1, 0.15) is 0 Å². The lowest BCUT2D eigenvalue weighted by atomic mass is 10.2. The van der Waals surface area contributed by atoms with Gasteiger partial charge < -0.3 is 5.32 Å². The molecule has 0 fully saturated rings. The van der Waals surface area contributed by atoms with Crippen LogP contribution in [0.4, 0.5) is 10.5 Å². The van der Waals surface area contributed by atoms with Crippen molar-refractivity contribution < 1.29 is 9.63 Å². The topological polar surface area (TPSA) is 54.5 Å². The summed E-state index contributed by atoms with van der Waals surface area (Å²) in [5.74, 6) is 0. The summed E-state index contributed by atoms with van der Waals surface area (Å²) in [4.78, 5) is 20.2. The van der Waals surface area contributed by atoms with Crippen LogP contribution >= 0.6 is 0 Å². The van der Waals surface area contributed by atoms with E-state index in [2.05, 4.69) is 10.3 Å². The first-order chi connectivity index (χ1) is 7.19. The van der Waals surface area contributed by atoms with Crippen LogP contribution in [0.3, 0.4) is 0 Å². The normalized spacial score (nSPS) is 9.80. The molecule has 0 aliphatic rings. The monoisotopic (exact) mass is 209 g/mol. The summed E-state index contributed by atoms with van der Waals surface area (Å²) in [7, 11) is 2.97. The molecule has 0 unspecified atom stereocenters. The number of urea groups is 1. The van der Waals surface area contributed by atoms with Gasteiger partial charge in [-0.1, -0.05) is 6.92 Å². The van der Waals surface area contributed by atoms with Crippen LogP contribution in [0.15, 0.2) is 18.5 Å². The second kappa shape index (κ2) is 5.31. The number of rotatable bonds is 3. The average molecular weight is 209 g/mol. The Morgan fingerprint density at radius 2 is 2.40 bits per heavy atom. The number of pyridine rings is 1. The molecular formula is C10H15N3O2. The van der Waals surface area contributed by atoms with E-state index >= 15 is 0 Å². The number of nitrogens with zero attached hydrogens (tertiary/aromatic N) is 2. The summed E-state index contributed by atoms with van der Waals surface area (Å²) in [5, 5.41) is 3.83. The van der Waals surface area contributed by atoms with Crippen molar-refractivity contribution in [1.82, 2.24) is 10.0 Å². The quantitative estimate of drug-likeness (QED) is 0.770. The van der Waals surface area contributed by atoms with Gasteiger partial charge in [-0.3, -0.25) is 9.82 Å². The molecule has 0 saturated carbocycles. The lowest BCUT2D eigenvalue weighted by molar-refractivity contribution is -0.0598. The molecule has 0 saturated heterocycles. The Bertz CT molecular complexity index is 341. The number of amides is 2. The molecule has 1 rings (SSSR count). The largest absolute Gasteiger partial charge is 0.345 e. The third-order valence-corrected chi connectivity index (χ3v) is 2.09. The fourth-order valence-electron chi connectivity index (χ4n) is 1.12. The van der Waals surface area contributed by atoms with Crippen LogP contribution in [-0.4, -0.2) is 30.2 Å². The van der Waals surface area contributed by atoms with E-state index in [0.717, 1.165) is 17.0 Å². The second-order valence-electron chi connectivity index (χ2n) is 3.00. The third kappa shape index (κ3) is 2.92. The number of hydroxylamine groups is 2. The Balaban J connectivity index is 2.76. The molecule has 2 amide bonds. The highest BCUT2D eigenvalue weighted by molar-refractivity contribution is 5.89. The molecule has 0 bridgehead atoms. The maximum Gasteiger partial charge on any atom is 0.345 e. The maximum atomic E-state index is 11.5. The predicted molar refractivity (Wildman–Crippen MR) is 57.4 cm³/mol. The van der Waals surface area contributed by atoms with Crippen molar-refractivity contribution in [1.29, 1.82) is 0 Å². The van der Waals surface area contributed by atoms with E-state index in [4.69, 9.17) is 4.84 Å². The molecule has 5 nitrogen and oxygen atoms in total. The summed E-state index contributed by atoms with van der Waals surface area (Å²) in [6.07, 6.45) is 4.17. The molecule has 1 heterocycles. The first kappa shape index (κ1) is 11.5. The van der Waals surface area contributed by atoms with E-state index in [1.54, 1.807) is 12.4 Å². The van der Waals surface area contributed by atoms with Gasteiger partial charge in [-0.15, -0.1) is 0 Å². The molecule has 0 atom stereocenters. The van der Waals surface area contributed by atoms with Crippen molar-refractivity contribution in [2.24, 2.45) is 0 Å². The van der Waals surface area contributed by atoms with E-state index in [9.17, 15) is 4.79 Å². The molecule has 1 N–H and O–H groups in total. The third-order valence-electron chi connectivity index (χ3n) is 2.09. The van der Waals surface area contributed by atoms with Gasteiger partial charge in [0.25, 0.3) is 0 Å². The van der Waals surface area contributed by atoms with Gasteiger partial charge in [0, 0.05) is 13.2 Å². The van der Waals surface area contributed by atoms with Gasteiger partial charge in [-0.25, -0.2) is 9.86 Å². The van der Waals surface area contributed by atoms with Crippen LogP contribution in [0.5, 0.6) is 0 Å². The lowest BCUT2D eigenvalue weighted by Gasteiger charge is -2.15. The van der Waals surface area contributed by atoms with E-state index in [1.165, 1.54) is 14.2 Å². The molecule has 0 aliphatic carbocycles. The van der Waals surface area contributed by atoms with Crippen molar-refractivity contribution in [2.45, 2.75) is 13.3 Å². The van der Waals surface area contributed by atoms with Crippen molar-refractivity contribution in [3.63, 3.8) is 0 Å². The molecule has 15 heavy (non-hydrogen) atoms. The highest BCUT2D eigenvalue weighted by atomic mass is 16.7. The summed E-state index contributed by atoms with van der Waals surface area (Å²) < 4.78 is 0. The summed E-state index contributed by atoms with van der Waals surface area (Å²) in [6.45, 7) is 2.02. The molecule has 82 valence electrons. The number of carbonyl (C=O) groups is 1. The fraction of sp³-hybridized carbons (Fsp3) is 0.400. The number of hydrogen-bond acceptors (Lipinski definition) is 3. The number of aromatic nitrogens is 1. The van der Waals surface area contributed by atoms with E-state index in [-0.39, 0.29) is 6.03 Å². The molecule has 1 aromatic heterocycles. The fourth-order valence-corrected chi connectivity index (χ4v) is 1.12. The van der Waals surface area contributed by atoms with Gasteiger partial charge in [-0.2, -0.15) is 0 Å². The molecule has 1 aromatic rings. The van der Waals surface area contributed by atoms with Gasteiger partial charge in [0.05, 0.1) is 19.0 Å². The lowest BCUT2D eigenvalue weighted by Crippen LogP contribution is -2.30. The average Bonchev–Trinajstić information content (AvgIpc) is 2.28. The molecule has 0 aliphatic heterocycles. The molecule has 0 aromatic carbocycles. The Morgan fingerprint density at radius 3 is 3.00 bits per heavy atom.